The van der Waals surface area contributed by atoms with Crippen LogP contribution >= 0.6 is 23.2 Å². The third-order valence-electron chi connectivity index (χ3n) is 4.24. The molecule has 0 aliphatic rings. The van der Waals surface area contributed by atoms with Crippen molar-refractivity contribution < 1.29 is 14.3 Å². The molecule has 0 radical (unpaired) electrons. The van der Waals surface area contributed by atoms with Crippen molar-refractivity contribution in [2.45, 2.75) is 33.4 Å². The van der Waals surface area contributed by atoms with E-state index in [2.05, 4.69) is 5.32 Å². The molecule has 1 N–H and O–H groups in total. The molecule has 0 aromatic heterocycles. The van der Waals surface area contributed by atoms with Gasteiger partial charge >= 0.3 is 0 Å². The normalized spacial score (nSPS) is 11.6. The molecular formula is C21H24Cl2N2O3. The number of halogens is 2. The summed E-state index contributed by atoms with van der Waals surface area (Å²) in [6.45, 7) is 6.08. The molecule has 0 fully saturated rings. The number of nitrogens with one attached hydrogen (secondary N) is 1. The lowest BCUT2D eigenvalue weighted by molar-refractivity contribution is -0.142. The first kappa shape index (κ1) is 22.1. The number of aryl methyl sites for hydroxylation is 1. The van der Waals surface area contributed by atoms with Crippen LogP contribution in [0.5, 0.6) is 5.75 Å². The van der Waals surface area contributed by atoms with Gasteiger partial charge in [-0.1, -0.05) is 53.0 Å². The minimum atomic E-state index is -0.641. The molecule has 2 rings (SSSR count). The first-order chi connectivity index (χ1) is 13.3. The van der Waals surface area contributed by atoms with Crippen molar-refractivity contribution in [1.29, 1.82) is 0 Å². The van der Waals surface area contributed by atoms with E-state index in [1.54, 1.807) is 25.1 Å². The molecule has 0 heterocycles. The van der Waals surface area contributed by atoms with Crippen LogP contribution in [0.15, 0.2) is 42.5 Å². The SMILES string of the molecule is CCNC(=O)[C@H](C)N(Cc1ccc(C)cc1)C(=O)COc1ccc(Cl)cc1Cl. The van der Waals surface area contributed by atoms with Gasteiger partial charge in [-0.25, -0.2) is 0 Å². The van der Waals surface area contributed by atoms with Crippen molar-refractivity contribution in [2.75, 3.05) is 13.2 Å². The lowest BCUT2D eigenvalue weighted by atomic mass is 10.1. The predicted octanol–water partition coefficient (Wildman–Crippen LogP) is 4.23. The highest BCUT2D eigenvalue weighted by atomic mass is 35.5. The minimum Gasteiger partial charge on any atom is -0.482 e. The standard InChI is InChI=1S/C21H24Cl2N2O3/c1-4-24-21(27)15(3)25(12-16-7-5-14(2)6-8-16)20(26)13-28-19-10-9-17(22)11-18(19)23/h5-11,15H,4,12-13H2,1-3H3,(H,24,27)/t15-/m0/s1. The van der Waals surface area contributed by atoms with Gasteiger partial charge in [-0.05, 0) is 44.5 Å². The molecule has 28 heavy (non-hydrogen) atoms. The van der Waals surface area contributed by atoms with E-state index in [1.165, 1.54) is 4.90 Å². The summed E-state index contributed by atoms with van der Waals surface area (Å²) < 4.78 is 5.57. The Balaban J connectivity index is 2.15. The van der Waals surface area contributed by atoms with E-state index < -0.39 is 6.04 Å². The largest absolute Gasteiger partial charge is 0.482 e. The summed E-state index contributed by atoms with van der Waals surface area (Å²) in [7, 11) is 0. The molecular weight excluding hydrogens is 399 g/mol. The number of carbonyl (C=O) groups is 2. The Kier molecular flexibility index (Phi) is 8.15. The fourth-order valence-electron chi connectivity index (χ4n) is 2.61. The lowest BCUT2D eigenvalue weighted by Crippen LogP contribution is -2.49. The van der Waals surface area contributed by atoms with Crippen LogP contribution < -0.4 is 10.1 Å². The molecule has 0 saturated heterocycles. The third kappa shape index (κ3) is 6.14. The van der Waals surface area contributed by atoms with Gasteiger partial charge in [0, 0.05) is 18.1 Å². The summed E-state index contributed by atoms with van der Waals surface area (Å²) >= 11 is 12.0. The number of benzene rings is 2. The summed E-state index contributed by atoms with van der Waals surface area (Å²) in [6.07, 6.45) is 0. The predicted molar refractivity (Wildman–Crippen MR) is 112 cm³/mol. The fraction of sp³-hybridized carbons (Fsp3) is 0.333. The molecule has 0 aliphatic heterocycles. The zero-order chi connectivity index (χ0) is 20.7. The molecule has 2 amide bonds. The molecule has 0 spiro atoms. The number of carbonyl (C=O) groups excluding carboxylic acids is 2. The molecule has 0 saturated carbocycles. The smallest absolute Gasteiger partial charge is 0.261 e. The number of nitrogens with zero attached hydrogens (tertiary/aromatic N) is 1. The van der Waals surface area contributed by atoms with Crippen LogP contribution in [0.3, 0.4) is 0 Å². The lowest BCUT2D eigenvalue weighted by Gasteiger charge is -2.28. The summed E-state index contributed by atoms with van der Waals surface area (Å²) in [5.41, 5.74) is 2.05. The zero-order valence-corrected chi connectivity index (χ0v) is 17.7. The van der Waals surface area contributed by atoms with Crippen molar-refractivity contribution in [2.24, 2.45) is 0 Å². The maximum absolute atomic E-state index is 12.9. The Labute approximate surface area is 175 Å². The highest BCUT2D eigenvalue weighted by Gasteiger charge is 2.26. The van der Waals surface area contributed by atoms with E-state index in [4.69, 9.17) is 27.9 Å². The quantitative estimate of drug-likeness (QED) is 0.691. The van der Waals surface area contributed by atoms with Gasteiger partial charge < -0.3 is 15.0 Å². The van der Waals surface area contributed by atoms with Crippen molar-refractivity contribution in [3.63, 3.8) is 0 Å². The highest BCUT2D eigenvalue weighted by Crippen LogP contribution is 2.27. The Morgan fingerprint density at radius 1 is 1.14 bits per heavy atom. The van der Waals surface area contributed by atoms with Gasteiger partial charge in [0.15, 0.2) is 6.61 Å². The van der Waals surface area contributed by atoms with Crippen LogP contribution in [0.1, 0.15) is 25.0 Å². The Morgan fingerprint density at radius 3 is 2.43 bits per heavy atom. The van der Waals surface area contributed by atoms with Crippen LogP contribution in [-0.2, 0) is 16.1 Å². The van der Waals surface area contributed by atoms with Gasteiger partial charge in [0.05, 0.1) is 5.02 Å². The summed E-state index contributed by atoms with van der Waals surface area (Å²) in [6, 6.07) is 12.0. The maximum atomic E-state index is 12.9. The maximum Gasteiger partial charge on any atom is 0.261 e. The Bertz CT molecular complexity index is 825. The Morgan fingerprint density at radius 2 is 1.82 bits per heavy atom. The van der Waals surface area contributed by atoms with E-state index >= 15 is 0 Å². The van der Waals surface area contributed by atoms with E-state index in [0.29, 0.717) is 28.9 Å². The van der Waals surface area contributed by atoms with Crippen molar-refractivity contribution >= 4 is 35.0 Å². The van der Waals surface area contributed by atoms with Crippen LogP contribution in [-0.4, -0.2) is 35.9 Å². The molecule has 0 unspecified atom stereocenters. The second-order valence-electron chi connectivity index (χ2n) is 6.44. The van der Waals surface area contributed by atoms with Gasteiger partial charge in [-0.15, -0.1) is 0 Å². The molecule has 150 valence electrons. The number of ether oxygens (including phenoxy) is 1. The van der Waals surface area contributed by atoms with Crippen LogP contribution in [0.2, 0.25) is 10.0 Å². The van der Waals surface area contributed by atoms with Crippen molar-refractivity contribution in [1.82, 2.24) is 10.2 Å². The molecule has 1 atom stereocenters. The van der Waals surface area contributed by atoms with E-state index in [-0.39, 0.29) is 18.4 Å². The van der Waals surface area contributed by atoms with Gasteiger partial charge in [0.25, 0.3) is 5.91 Å². The van der Waals surface area contributed by atoms with E-state index in [1.807, 2.05) is 38.1 Å². The van der Waals surface area contributed by atoms with Crippen molar-refractivity contribution in [3.05, 3.63) is 63.6 Å². The summed E-state index contributed by atoms with van der Waals surface area (Å²) in [5, 5.41) is 3.56. The molecule has 0 bridgehead atoms. The van der Waals surface area contributed by atoms with E-state index in [9.17, 15) is 9.59 Å². The van der Waals surface area contributed by atoms with Gasteiger partial charge in [-0.2, -0.15) is 0 Å². The molecule has 5 nitrogen and oxygen atoms in total. The first-order valence-electron chi connectivity index (χ1n) is 9.02. The van der Waals surface area contributed by atoms with Gasteiger partial charge in [-0.3, -0.25) is 9.59 Å². The van der Waals surface area contributed by atoms with Gasteiger partial charge in [0.1, 0.15) is 11.8 Å². The fourth-order valence-corrected chi connectivity index (χ4v) is 3.07. The number of likely N-dealkylation sites (N-methyl/N-ethyl adjacent to an activating group) is 1. The topological polar surface area (TPSA) is 58.6 Å². The summed E-state index contributed by atoms with van der Waals surface area (Å²) in [5.74, 6) is -0.168. The first-order valence-corrected chi connectivity index (χ1v) is 9.78. The molecule has 2 aromatic rings. The second kappa shape index (κ2) is 10.3. The number of hydrogen-bond donors (Lipinski definition) is 1. The minimum absolute atomic E-state index is 0.215. The third-order valence-corrected chi connectivity index (χ3v) is 4.77. The number of amides is 2. The Hall–Kier alpha value is -2.24. The average molecular weight is 423 g/mol. The highest BCUT2D eigenvalue weighted by molar-refractivity contribution is 6.35. The van der Waals surface area contributed by atoms with Gasteiger partial charge in [0.2, 0.25) is 5.91 Å². The number of hydrogen-bond acceptors (Lipinski definition) is 3. The van der Waals surface area contributed by atoms with Crippen LogP contribution in [0.4, 0.5) is 0 Å². The second-order valence-corrected chi connectivity index (χ2v) is 7.28. The van der Waals surface area contributed by atoms with Crippen LogP contribution in [0, 0.1) is 6.92 Å². The average Bonchev–Trinajstić information content (AvgIpc) is 2.66. The molecule has 0 aliphatic carbocycles. The zero-order valence-electron chi connectivity index (χ0n) is 16.2. The molecule has 2 aromatic carbocycles. The van der Waals surface area contributed by atoms with Crippen molar-refractivity contribution in [3.8, 4) is 5.75 Å². The van der Waals surface area contributed by atoms with E-state index in [0.717, 1.165) is 11.1 Å². The molecule has 7 heteroatoms. The van der Waals surface area contributed by atoms with Crippen LogP contribution in [0.25, 0.3) is 0 Å². The monoisotopic (exact) mass is 422 g/mol. The number of rotatable bonds is 8. The summed E-state index contributed by atoms with van der Waals surface area (Å²) in [4.78, 5) is 26.7.